The number of aliphatic hydroxyl groups excluding tert-OH is 1. The van der Waals surface area contributed by atoms with E-state index in [2.05, 4.69) is 20.4 Å². The first kappa shape index (κ1) is 26.4. The fourth-order valence-corrected chi connectivity index (χ4v) is 5.11. The molecule has 9 nitrogen and oxygen atoms in total. The minimum absolute atomic E-state index is 0.165. The first-order valence-electron chi connectivity index (χ1n) is 11.7. The third kappa shape index (κ3) is 6.01. The van der Waals surface area contributed by atoms with Gasteiger partial charge < -0.3 is 20.7 Å². The van der Waals surface area contributed by atoms with E-state index in [0.29, 0.717) is 41.5 Å². The summed E-state index contributed by atoms with van der Waals surface area (Å²) in [4.78, 5) is 8.99. The zero-order valence-electron chi connectivity index (χ0n) is 20.3. The number of anilines is 1. The molecule has 37 heavy (non-hydrogen) atoms. The monoisotopic (exact) mass is 525 g/mol. The van der Waals surface area contributed by atoms with Crippen LogP contribution in [0.5, 0.6) is 0 Å². The Morgan fingerprint density at radius 2 is 1.76 bits per heavy atom. The number of sulfone groups is 1. The summed E-state index contributed by atoms with van der Waals surface area (Å²) in [6, 6.07) is 15.7. The lowest BCUT2D eigenvalue weighted by Gasteiger charge is -2.12. The molecule has 0 bridgehead atoms. The molecule has 0 radical (unpaired) electrons. The average Bonchev–Trinajstić information content (AvgIpc) is 3.40. The van der Waals surface area contributed by atoms with Gasteiger partial charge in [-0.25, -0.2) is 22.8 Å². The van der Waals surface area contributed by atoms with E-state index in [1.807, 2.05) is 24.3 Å². The summed E-state index contributed by atoms with van der Waals surface area (Å²) in [6.45, 7) is 1.84. The van der Waals surface area contributed by atoms with Gasteiger partial charge in [0, 0.05) is 36.9 Å². The molecule has 4 aromatic rings. The molecule has 1 unspecified atom stereocenters. The number of nitrogens with two attached hydrogens (primary N) is 1. The highest BCUT2D eigenvalue weighted by Crippen LogP contribution is 2.30. The van der Waals surface area contributed by atoms with Crippen LogP contribution in [0.25, 0.3) is 34.0 Å². The van der Waals surface area contributed by atoms with Crippen molar-refractivity contribution in [1.82, 2.24) is 20.4 Å². The third-order valence-electron chi connectivity index (χ3n) is 5.94. The van der Waals surface area contributed by atoms with Crippen molar-refractivity contribution in [2.45, 2.75) is 30.0 Å². The van der Waals surface area contributed by atoms with Gasteiger partial charge in [0.2, 0.25) is 0 Å². The van der Waals surface area contributed by atoms with E-state index in [1.54, 1.807) is 25.1 Å². The summed E-state index contributed by atoms with van der Waals surface area (Å²) in [5.41, 5.74) is 9.97. The minimum Gasteiger partial charge on any atom is -0.396 e. The predicted octanol–water partition coefficient (Wildman–Crippen LogP) is 3.65. The van der Waals surface area contributed by atoms with Crippen molar-refractivity contribution in [3.63, 3.8) is 0 Å². The molecule has 4 N–H and O–H groups in total. The minimum atomic E-state index is -3.55. The van der Waals surface area contributed by atoms with E-state index in [1.165, 1.54) is 18.3 Å². The number of benzene rings is 2. The largest absolute Gasteiger partial charge is 0.396 e. The lowest BCUT2D eigenvalue weighted by molar-refractivity contribution is 0.287. The SMILES string of the molecule is CC(CCO)S(=O)(=O)c1ccc(-c2cnc(N)c(-c3cc(-c4ccc(CNCCF)cc4)no3)n2)cc1. The van der Waals surface area contributed by atoms with Crippen LogP contribution in [0, 0.1) is 0 Å². The number of hydrogen-bond donors (Lipinski definition) is 3. The van der Waals surface area contributed by atoms with E-state index in [-0.39, 0.29) is 23.7 Å². The lowest BCUT2D eigenvalue weighted by Crippen LogP contribution is -2.19. The van der Waals surface area contributed by atoms with Crippen LogP contribution in [-0.2, 0) is 16.4 Å². The number of aliphatic hydroxyl groups is 1. The normalized spacial score (nSPS) is 12.5. The maximum absolute atomic E-state index is 12.7. The molecule has 0 saturated heterocycles. The van der Waals surface area contributed by atoms with Gasteiger partial charge in [0.1, 0.15) is 12.4 Å². The Morgan fingerprint density at radius 3 is 2.43 bits per heavy atom. The molecule has 11 heteroatoms. The molecule has 0 aliphatic carbocycles. The Hall–Kier alpha value is -3.67. The maximum Gasteiger partial charge on any atom is 0.189 e. The second-order valence-electron chi connectivity index (χ2n) is 8.52. The molecule has 0 aliphatic heterocycles. The Morgan fingerprint density at radius 1 is 1.08 bits per heavy atom. The quantitative estimate of drug-likeness (QED) is 0.250. The van der Waals surface area contributed by atoms with Gasteiger partial charge >= 0.3 is 0 Å². The zero-order chi connectivity index (χ0) is 26.4. The van der Waals surface area contributed by atoms with Gasteiger partial charge in [-0.15, -0.1) is 0 Å². The molecule has 4 rings (SSSR count). The van der Waals surface area contributed by atoms with Crippen molar-refractivity contribution in [2.24, 2.45) is 0 Å². The number of hydrogen-bond acceptors (Lipinski definition) is 9. The van der Waals surface area contributed by atoms with Crippen molar-refractivity contribution in [2.75, 3.05) is 25.6 Å². The summed E-state index contributed by atoms with van der Waals surface area (Å²) in [5, 5.41) is 15.5. The fourth-order valence-electron chi connectivity index (χ4n) is 3.72. The average molecular weight is 526 g/mol. The fraction of sp³-hybridized carbons (Fsp3) is 0.269. The molecule has 0 amide bonds. The van der Waals surface area contributed by atoms with Gasteiger partial charge in [0.05, 0.1) is 22.0 Å². The molecular formula is C26H28FN5O4S. The van der Waals surface area contributed by atoms with Crippen LogP contribution in [0.15, 0.2) is 70.2 Å². The standard InChI is InChI=1S/C26H28FN5O4S/c1-17(10-13-33)37(34,35)21-8-6-20(7-9-21)23-16-30-26(28)25(31-23)24-14-22(32-36-24)19-4-2-18(3-5-19)15-29-12-11-27/h2-9,14,16-17,29,33H,10-13,15H2,1H3,(H2,28,30). The Bertz CT molecular complexity index is 1440. The van der Waals surface area contributed by atoms with E-state index in [0.717, 1.165) is 11.1 Å². The number of rotatable bonds is 11. The topological polar surface area (TPSA) is 144 Å². The van der Waals surface area contributed by atoms with Crippen LogP contribution < -0.4 is 11.1 Å². The molecule has 2 heterocycles. The smallest absolute Gasteiger partial charge is 0.189 e. The number of nitrogens with one attached hydrogen (secondary N) is 1. The maximum atomic E-state index is 12.7. The van der Waals surface area contributed by atoms with E-state index < -0.39 is 21.8 Å². The van der Waals surface area contributed by atoms with Gasteiger partial charge in [0.25, 0.3) is 0 Å². The highest BCUT2D eigenvalue weighted by atomic mass is 32.2. The summed E-state index contributed by atoms with van der Waals surface area (Å²) in [5.74, 6) is 0.505. The molecule has 0 spiro atoms. The van der Waals surface area contributed by atoms with Crippen molar-refractivity contribution < 1.29 is 22.4 Å². The van der Waals surface area contributed by atoms with Crippen molar-refractivity contribution in [3.8, 4) is 34.0 Å². The molecule has 0 fully saturated rings. The van der Waals surface area contributed by atoms with E-state index in [4.69, 9.17) is 15.4 Å². The molecule has 0 aliphatic rings. The van der Waals surface area contributed by atoms with Gasteiger partial charge in [0.15, 0.2) is 27.1 Å². The Balaban J connectivity index is 1.55. The molecule has 2 aromatic carbocycles. The van der Waals surface area contributed by atoms with Gasteiger partial charge in [-0.05, 0) is 31.0 Å². The zero-order valence-corrected chi connectivity index (χ0v) is 21.1. The summed E-state index contributed by atoms with van der Waals surface area (Å²) < 4.78 is 43.1. The molecule has 0 saturated carbocycles. The third-order valence-corrected chi connectivity index (χ3v) is 8.16. The van der Waals surface area contributed by atoms with Gasteiger partial charge in [-0.3, -0.25) is 0 Å². The summed E-state index contributed by atoms with van der Waals surface area (Å²) >= 11 is 0. The van der Waals surface area contributed by atoms with E-state index >= 15 is 0 Å². The van der Waals surface area contributed by atoms with Crippen LogP contribution in [-0.4, -0.2) is 53.7 Å². The van der Waals surface area contributed by atoms with Gasteiger partial charge in [-0.2, -0.15) is 0 Å². The molecule has 2 aromatic heterocycles. The van der Waals surface area contributed by atoms with Crippen molar-refractivity contribution in [1.29, 1.82) is 0 Å². The number of aromatic nitrogens is 3. The second-order valence-corrected chi connectivity index (χ2v) is 10.9. The van der Waals surface area contributed by atoms with Crippen LogP contribution in [0.4, 0.5) is 10.2 Å². The van der Waals surface area contributed by atoms with Crippen LogP contribution >= 0.6 is 0 Å². The second kappa shape index (κ2) is 11.6. The van der Waals surface area contributed by atoms with Crippen LogP contribution in [0.2, 0.25) is 0 Å². The number of nitrogen functional groups attached to an aromatic ring is 1. The molecule has 194 valence electrons. The van der Waals surface area contributed by atoms with Crippen molar-refractivity contribution >= 4 is 15.7 Å². The first-order valence-corrected chi connectivity index (χ1v) is 13.3. The molecular weight excluding hydrogens is 497 g/mol. The highest BCUT2D eigenvalue weighted by Gasteiger charge is 2.23. The Kier molecular flexibility index (Phi) is 8.27. The number of nitrogens with zero attached hydrogens (tertiary/aromatic N) is 3. The van der Waals surface area contributed by atoms with Crippen LogP contribution in [0.1, 0.15) is 18.9 Å². The highest BCUT2D eigenvalue weighted by molar-refractivity contribution is 7.92. The lowest BCUT2D eigenvalue weighted by atomic mass is 10.1. The predicted molar refractivity (Wildman–Crippen MR) is 139 cm³/mol. The van der Waals surface area contributed by atoms with Crippen LogP contribution in [0.3, 0.4) is 0 Å². The van der Waals surface area contributed by atoms with Crippen molar-refractivity contribution in [3.05, 3.63) is 66.4 Å². The number of alkyl halides is 1. The summed E-state index contributed by atoms with van der Waals surface area (Å²) in [7, 11) is -3.55. The van der Waals surface area contributed by atoms with Gasteiger partial charge in [-0.1, -0.05) is 41.6 Å². The number of halogens is 1. The first-order chi connectivity index (χ1) is 17.8. The summed E-state index contributed by atoms with van der Waals surface area (Å²) in [6.07, 6.45) is 1.67. The Labute approximate surface area is 214 Å². The molecule has 1 atom stereocenters. The van der Waals surface area contributed by atoms with E-state index in [9.17, 15) is 12.8 Å².